The highest BCUT2D eigenvalue weighted by molar-refractivity contribution is 6.29. The molecule has 76 valence electrons. The maximum Gasteiger partial charge on any atom is 0.230 e. The van der Waals surface area contributed by atoms with Crippen LogP contribution in [0.1, 0.15) is 20.8 Å². The Morgan fingerprint density at radius 1 is 1.36 bits per heavy atom. The highest BCUT2D eigenvalue weighted by Crippen LogP contribution is 2.15. The van der Waals surface area contributed by atoms with Crippen LogP contribution in [0.15, 0.2) is 12.4 Å². The van der Waals surface area contributed by atoms with Gasteiger partial charge in [0.1, 0.15) is 5.15 Å². The minimum atomic E-state index is -0.443. The van der Waals surface area contributed by atoms with Crippen LogP contribution in [0.2, 0.25) is 5.15 Å². The van der Waals surface area contributed by atoms with Gasteiger partial charge < -0.3 is 5.32 Å². The number of rotatable bonds is 1. The quantitative estimate of drug-likeness (QED) is 0.778. The number of halogens is 1. The molecular formula is C9H12ClN3O. The van der Waals surface area contributed by atoms with Crippen LogP contribution in [0.3, 0.4) is 0 Å². The van der Waals surface area contributed by atoms with Gasteiger partial charge in [-0.1, -0.05) is 32.4 Å². The molecule has 0 saturated carbocycles. The number of nitrogens with zero attached hydrogens (tertiary/aromatic N) is 2. The van der Waals surface area contributed by atoms with Gasteiger partial charge in [0.25, 0.3) is 0 Å². The van der Waals surface area contributed by atoms with Crippen molar-refractivity contribution >= 4 is 23.3 Å². The molecule has 1 aromatic heterocycles. The standard InChI is InChI=1S/C9H12ClN3O/c1-9(2,3)8(14)13-7-5-11-6(10)4-12-7/h4-5H,1-3H3,(H,12,13,14). The molecule has 0 spiro atoms. The second-order valence-corrected chi connectivity index (χ2v) is 4.32. The highest BCUT2D eigenvalue weighted by atomic mass is 35.5. The van der Waals surface area contributed by atoms with Crippen molar-refractivity contribution < 1.29 is 4.79 Å². The molecule has 14 heavy (non-hydrogen) atoms. The van der Waals surface area contributed by atoms with Crippen molar-refractivity contribution in [2.45, 2.75) is 20.8 Å². The van der Waals surface area contributed by atoms with Crippen molar-refractivity contribution in [1.82, 2.24) is 9.97 Å². The number of amides is 1. The average molecular weight is 214 g/mol. The molecule has 1 heterocycles. The van der Waals surface area contributed by atoms with Crippen LogP contribution >= 0.6 is 11.6 Å². The Morgan fingerprint density at radius 3 is 2.43 bits per heavy atom. The third-order valence-electron chi connectivity index (χ3n) is 1.54. The van der Waals surface area contributed by atoms with Gasteiger partial charge in [-0.25, -0.2) is 9.97 Å². The normalized spacial score (nSPS) is 11.1. The fraction of sp³-hybridized carbons (Fsp3) is 0.444. The van der Waals surface area contributed by atoms with E-state index in [4.69, 9.17) is 11.6 Å². The summed E-state index contributed by atoms with van der Waals surface area (Å²) in [6.07, 6.45) is 2.81. The number of anilines is 1. The Kier molecular flexibility index (Phi) is 3.06. The molecule has 0 aliphatic carbocycles. The number of nitrogens with one attached hydrogen (secondary N) is 1. The summed E-state index contributed by atoms with van der Waals surface area (Å²) in [5.41, 5.74) is -0.443. The summed E-state index contributed by atoms with van der Waals surface area (Å²) in [6, 6.07) is 0. The number of carbonyl (C=O) groups is 1. The van der Waals surface area contributed by atoms with E-state index < -0.39 is 5.41 Å². The molecule has 0 radical (unpaired) electrons. The smallest absolute Gasteiger partial charge is 0.230 e. The number of aromatic nitrogens is 2. The lowest BCUT2D eigenvalue weighted by molar-refractivity contribution is -0.123. The van der Waals surface area contributed by atoms with Gasteiger partial charge in [0.2, 0.25) is 5.91 Å². The third kappa shape index (κ3) is 2.96. The molecule has 0 saturated heterocycles. The average Bonchev–Trinajstić information content (AvgIpc) is 2.07. The zero-order chi connectivity index (χ0) is 10.8. The predicted octanol–water partition coefficient (Wildman–Crippen LogP) is 2.11. The topological polar surface area (TPSA) is 54.9 Å². The first-order valence-electron chi connectivity index (χ1n) is 4.18. The summed E-state index contributed by atoms with van der Waals surface area (Å²) in [6.45, 7) is 5.48. The molecule has 4 nitrogen and oxygen atoms in total. The van der Waals surface area contributed by atoms with E-state index in [1.54, 1.807) is 0 Å². The molecule has 1 rings (SSSR count). The second-order valence-electron chi connectivity index (χ2n) is 3.93. The van der Waals surface area contributed by atoms with Crippen molar-refractivity contribution in [3.63, 3.8) is 0 Å². The van der Waals surface area contributed by atoms with Gasteiger partial charge >= 0.3 is 0 Å². The van der Waals surface area contributed by atoms with E-state index >= 15 is 0 Å². The third-order valence-corrected chi connectivity index (χ3v) is 1.74. The Balaban J connectivity index is 2.71. The predicted molar refractivity (Wildman–Crippen MR) is 55.1 cm³/mol. The first-order chi connectivity index (χ1) is 6.39. The van der Waals surface area contributed by atoms with Crippen molar-refractivity contribution in [1.29, 1.82) is 0 Å². The summed E-state index contributed by atoms with van der Waals surface area (Å²) in [5, 5.41) is 2.94. The SMILES string of the molecule is CC(C)(C)C(=O)Nc1cnc(Cl)cn1. The van der Waals surface area contributed by atoms with Gasteiger partial charge in [0, 0.05) is 5.41 Å². The molecule has 1 amide bonds. The summed E-state index contributed by atoms with van der Waals surface area (Å²) >= 11 is 5.55. The number of hydrogen-bond acceptors (Lipinski definition) is 3. The summed E-state index contributed by atoms with van der Waals surface area (Å²) < 4.78 is 0. The lowest BCUT2D eigenvalue weighted by atomic mass is 9.96. The van der Waals surface area contributed by atoms with E-state index in [0.29, 0.717) is 11.0 Å². The van der Waals surface area contributed by atoms with Gasteiger partial charge in [0.05, 0.1) is 12.4 Å². The first-order valence-corrected chi connectivity index (χ1v) is 4.56. The van der Waals surface area contributed by atoms with E-state index in [9.17, 15) is 4.79 Å². The van der Waals surface area contributed by atoms with Crippen molar-refractivity contribution in [2.24, 2.45) is 5.41 Å². The maximum absolute atomic E-state index is 11.5. The largest absolute Gasteiger partial charge is 0.309 e. The van der Waals surface area contributed by atoms with Gasteiger partial charge in [-0.3, -0.25) is 4.79 Å². The maximum atomic E-state index is 11.5. The zero-order valence-electron chi connectivity index (χ0n) is 8.34. The van der Waals surface area contributed by atoms with Crippen LogP contribution in [-0.4, -0.2) is 15.9 Å². The zero-order valence-corrected chi connectivity index (χ0v) is 9.09. The van der Waals surface area contributed by atoms with Gasteiger partial charge in [-0.05, 0) is 0 Å². The summed E-state index contributed by atoms with van der Waals surface area (Å²) in [7, 11) is 0. The Morgan fingerprint density at radius 2 is 2.00 bits per heavy atom. The lowest BCUT2D eigenvalue weighted by Crippen LogP contribution is -2.28. The fourth-order valence-corrected chi connectivity index (χ4v) is 0.778. The molecule has 5 heteroatoms. The van der Waals surface area contributed by atoms with Crippen molar-refractivity contribution in [3.05, 3.63) is 17.5 Å². The van der Waals surface area contributed by atoms with E-state index in [-0.39, 0.29) is 5.91 Å². The molecule has 0 unspecified atom stereocenters. The molecule has 0 aromatic carbocycles. The van der Waals surface area contributed by atoms with E-state index in [1.807, 2.05) is 20.8 Å². The van der Waals surface area contributed by atoms with E-state index in [0.717, 1.165) is 0 Å². The highest BCUT2D eigenvalue weighted by Gasteiger charge is 2.21. The summed E-state index contributed by atoms with van der Waals surface area (Å²) in [4.78, 5) is 19.2. The minimum absolute atomic E-state index is 0.103. The lowest BCUT2D eigenvalue weighted by Gasteiger charge is -2.16. The van der Waals surface area contributed by atoms with Gasteiger partial charge in [-0.2, -0.15) is 0 Å². The Bertz CT molecular complexity index is 329. The molecule has 0 bridgehead atoms. The molecule has 0 aliphatic rings. The molecule has 1 N–H and O–H groups in total. The van der Waals surface area contributed by atoms with Crippen molar-refractivity contribution in [3.8, 4) is 0 Å². The number of hydrogen-bond donors (Lipinski definition) is 1. The molecule has 0 fully saturated rings. The van der Waals surface area contributed by atoms with Crippen LogP contribution in [0.25, 0.3) is 0 Å². The molecular weight excluding hydrogens is 202 g/mol. The molecule has 1 aromatic rings. The van der Waals surface area contributed by atoms with Crippen LogP contribution in [0.4, 0.5) is 5.82 Å². The van der Waals surface area contributed by atoms with Crippen LogP contribution in [0.5, 0.6) is 0 Å². The molecule has 0 atom stereocenters. The van der Waals surface area contributed by atoms with Crippen LogP contribution in [-0.2, 0) is 4.79 Å². The van der Waals surface area contributed by atoms with E-state index in [2.05, 4.69) is 15.3 Å². The Hall–Kier alpha value is -1.16. The van der Waals surface area contributed by atoms with E-state index in [1.165, 1.54) is 12.4 Å². The van der Waals surface area contributed by atoms with Crippen molar-refractivity contribution in [2.75, 3.05) is 5.32 Å². The van der Waals surface area contributed by atoms with Gasteiger partial charge in [-0.15, -0.1) is 0 Å². The van der Waals surface area contributed by atoms with Crippen LogP contribution in [0, 0.1) is 5.41 Å². The Labute approximate surface area is 87.7 Å². The second kappa shape index (κ2) is 3.92. The molecule has 0 aliphatic heterocycles. The van der Waals surface area contributed by atoms with Crippen LogP contribution < -0.4 is 5.32 Å². The fourth-order valence-electron chi connectivity index (χ4n) is 0.681. The number of carbonyl (C=O) groups excluding carboxylic acids is 1. The minimum Gasteiger partial charge on any atom is -0.309 e. The summed E-state index contributed by atoms with van der Waals surface area (Å²) in [5.74, 6) is 0.309. The monoisotopic (exact) mass is 213 g/mol. The first kappa shape index (κ1) is 10.9. The van der Waals surface area contributed by atoms with Gasteiger partial charge in [0.15, 0.2) is 5.82 Å².